The Kier molecular flexibility index (Phi) is 10.1. The fourth-order valence-corrected chi connectivity index (χ4v) is 5.75. The van der Waals surface area contributed by atoms with Gasteiger partial charge in [-0.15, -0.1) is 6.58 Å². The van der Waals surface area contributed by atoms with Crippen molar-refractivity contribution in [3.8, 4) is 5.75 Å². The predicted octanol–water partition coefficient (Wildman–Crippen LogP) is 8.14. The molecule has 4 rings (SSSR count). The molecule has 2 aromatic rings. The topological polar surface area (TPSA) is 44.8 Å². The summed E-state index contributed by atoms with van der Waals surface area (Å²) in [5.74, 6) is -5.56. The van der Waals surface area contributed by atoms with Gasteiger partial charge in [0.25, 0.3) is 0 Å². The third-order valence-electron chi connectivity index (χ3n) is 7.89. The molecule has 212 valence electrons. The van der Waals surface area contributed by atoms with Crippen LogP contribution in [0.4, 0.5) is 17.6 Å². The van der Waals surface area contributed by atoms with Gasteiger partial charge in [-0.2, -0.15) is 4.39 Å². The van der Waals surface area contributed by atoms with E-state index in [0.29, 0.717) is 51.6 Å². The minimum Gasteiger partial charge on any atom is -0.490 e. The van der Waals surface area contributed by atoms with E-state index in [-0.39, 0.29) is 41.4 Å². The van der Waals surface area contributed by atoms with Crippen molar-refractivity contribution in [2.45, 2.75) is 88.8 Å². The van der Waals surface area contributed by atoms with Crippen LogP contribution in [0.5, 0.6) is 5.75 Å². The number of benzene rings is 2. The van der Waals surface area contributed by atoms with E-state index in [1.54, 1.807) is 6.08 Å². The molecule has 8 heteroatoms. The van der Waals surface area contributed by atoms with Crippen LogP contribution in [-0.2, 0) is 9.47 Å². The van der Waals surface area contributed by atoms with Crippen LogP contribution in [0.3, 0.4) is 0 Å². The molecule has 0 heterocycles. The Morgan fingerprint density at radius 2 is 1.38 bits per heavy atom. The highest BCUT2D eigenvalue weighted by molar-refractivity contribution is 5.90. The van der Waals surface area contributed by atoms with Gasteiger partial charge in [0.2, 0.25) is 5.82 Å². The lowest BCUT2D eigenvalue weighted by molar-refractivity contribution is 0.0188. The zero-order valence-electron chi connectivity index (χ0n) is 22.3. The van der Waals surface area contributed by atoms with Gasteiger partial charge < -0.3 is 14.2 Å². The van der Waals surface area contributed by atoms with E-state index < -0.39 is 40.9 Å². The van der Waals surface area contributed by atoms with Crippen molar-refractivity contribution >= 4 is 5.97 Å². The van der Waals surface area contributed by atoms with E-state index in [1.165, 1.54) is 24.3 Å². The number of carbonyl (C=O) groups excluding carboxylic acids is 1. The average Bonchev–Trinajstić information content (AvgIpc) is 2.94. The summed E-state index contributed by atoms with van der Waals surface area (Å²) in [7, 11) is 0. The number of ether oxygens (including phenoxy) is 3. The highest BCUT2D eigenvalue weighted by atomic mass is 19.2. The van der Waals surface area contributed by atoms with E-state index in [9.17, 15) is 22.4 Å². The molecule has 0 saturated heterocycles. The zero-order chi connectivity index (χ0) is 27.9. The number of hydrogen-bond acceptors (Lipinski definition) is 4. The maximum atomic E-state index is 15.0. The van der Waals surface area contributed by atoms with Gasteiger partial charge in [0.15, 0.2) is 23.2 Å². The van der Waals surface area contributed by atoms with Gasteiger partial charge in [0, 0.05) is 6.61 Å². The molecule has 0 N–H and O–H groups in total. The van der Waals surface area contributed by atoms with Crippen molar-refractivity contribution in [2.75, 3.05) is 13.2 Å². The molecule has 0 radical (unpaired) electrons. The third kappa shape index (κ3) is 6.83. The standard InChI is InChI=1S/C31H36F4O4/c1-3-5-18-38-26-17-16-24(28(33)30(26)35)20-8-12-22(13-9-20)39-31(36)25-15-14-23(27(32)29(25)34)19-6-10-21(11-7-19)37-4-2/h3,14-17,19-22H,1,4-13,18H2,2H3. The smallest absolute Gasteiger partial charge is 0.341 e. The van der Waals surface area contributed by atoms with Crippen LogP contribution < -0.4 is 4.74 Å². The van der Waals surface area contributed by atoms with Crippen LogP contribution in [0.1, 0.15) is 98.0 Å². The molecule has 0 aliphatic heterocycles. The summed E-state index contributed by atoms with van der Waals surface area (Å²) in [6.07, 6.45) is 6.49. The number of hydrogen-bond donors (Lipinski definition) is 0. The zero-order valence-corrected chi connectivity index (χ0v) is 22.3. The van der Waals surface area contributed by atoms with E-state index >= 15 is 0 Å². The van der Waals surface area contributed by atoms with Gasteiger partial charge in [-0.1, -0.05) is 18.2 Å². The number of carbonyl (C=O) groups is 1. The molecular formula is C31H36F4O4. The largest absolute Gasteiger partial charge is 0.490 e. The van der Waals surface area contributed by atoms with Crippen molar-refractivity contribution in [1.82, 2.24) is 0 Å². The van der Waals surface area contributed by atoms with Crippen LogP contribution in [0.25, 0.3) is 0 Å². The van der Waals surface area contributed by atoms with Crippen LogP contribution in [0, 0.1) is 23.3 Å². The Bertz CT molecular complexity index is 1150. The summed E-state index contributed by atoms with van der Waals surface area (Å²) in [4.78, 5) is 12.7. The van der Waals surface area contributed by atoms with E-state index in [4.69, 9.17) is 14.2 Å². The summed E-state index contributed by atoms with van der Waals surface area (Å²) in [6, 6.07) is 5.74. The minimum absolute atomic E-state index is 0.116. The Morgan fingerprint density at radius 3 is 1.97 bits per heavy atom. The number of halogens is 4. The monoisotopic (exact) mass is 548 g/mol. The SMILES string of the molecule is C=CCCOc1ccc(C2CCC(OC(=O)c3ccc(C4CCC(OCC)CC4)c(F)c3F)CC2)c(F)c1F. The van der Waals surface area contributed by atoms with Crippen LogP contribution in [0.2, 0.25) is 0 Å². The first kappa shape index (κ1) is 29.1. The molecule has 39 heavy (non-hydrogen) atoms. The van der Waals surface area contributed by atoms with Crippen molar-refractivity contribution < 1.29 is 36.6 Å². The molecule has 4 nitrogen and oxygen atoms in total. The van der Waals surface area contributed by atoms with Crippen LogP contribution >= 0.6 is 0 Å². The Labute approximate surface area is 227 Å². The van der Waals surface area contributed by atoms with Gasteiger partial charge in [0.1, 0.15) is 6.10 Å². The molecule has 2 saturated carbocycles. The molecule has 0 bridgehead atoms. The molecule has 0 aromatic heterocycles. The van der Waals surface area contributed by atoms with Crippen molar-refractivity contribution in [2.24, 2.45) is 0 Å². The van der Waals surface area contributed by atoms with Crippen molar-refractivity contribution in [1.29, 1.82) is 0 Å². The number of rotatable bonds is 10. The second-order valence-electron chi connectivity index (χ2n) is 10.3. The second-order valence-corrected chi connectivity index (χ2v) is 10.3. The average molecular weight is 549 g/mol. The third-order valence-corrected chi connectivity index (χ3v) is 7.89. The summed E-state index contributed by atoms with van der Waals surface area (Å²) in [5, 5.41) is 0. The van der Waals surface area contributed by atoms with Crippen LogP contribution in [0.15, 0.2) is 36.9 Å². The maximum absolute atomic E-state index is 15.0. The molecule has 2 aromatic carbocycles. The predicted molar refractivity (Wildman–Crippen MR) is 140 cm³/mol. The quantitative estimate of drug-likeness (QED) is 0.130. The van der Waals surface area contributed by atoms with E-state index in [1.807, 2.05) is 6.92 Å². The second kappa shape index (κ2) is 13.5. The lowest BCUT2D eigenvalue weighted by atomic mass is 9.82. The number of esters is 1. The Morgan fingerprint density at radius 1 is 0.821 bits per heavy atom. The molecule has 0 atom stereocenters. The fourth-order valence-electron chi connectivity index (χ4n) is 5.75. The minimum atomic E-state index is -1.19. The fraction of sp³-hybridized carbons (Fsp3) is 0.516. The van der Waals surface area contributed by atoms with Gasteiger partial charge in [-0.25, -0.2) is 18.0 Å². The summed E-state index contributed by atoms with van der Waals surface area (Å²) in [6.45, 7) is 6.34. The molecule has 2 aliphatic carbocycles. The van der Waals surface area contributed by atoms with Gasteiger partial charge >= 0.3 is 5.97 Å². The maximum Gasteiger partial charge on any atom is 0.341 e. The highest BCUT2D eigenvalue weighted by Gasteiger charge is 2.31. The lowest BCUT2D eigenvalue weighted by Gasteiger charge is -2.29. The lowest BCUT2D eigenvalue weighted by Crippen LogP contribution is -2.25. The van der Waals surface area contributed by atoms with Crippen molar-refractivity contribution in [3.05, 3.63) is 76.9 Å². The Balaban J connectivity index is 1.33. The normalized spacial score (nSPS) is 23.3. The van der Waals surface area contributed by atoms with E-state index in [2.05, 4.69) is 6.58 Å². The van der Waals surface area contributed by atoms with E-state index in [0.717, 1.165) is 12.8 Å². The van der Waals surface area contributed by atoms with Gasteiger partial charge in [-0.05, 0) is 99.8 Å². The molecule has 0 unspecified atom stereocenters. The molecular weight excluding hydrogens is 512 g/mol. The Hall–Kier alpha value is -2.87. The summed E-state index contributed by atoms with van der Waals surface area (Å²) in [5.41, 5.74) is 0.111. The molecule has 2 aliphatic rings. The first-order valence-electron chi connectivity index (χ1n) is 13.9. The van der Waals surface area contributed by atoms with Crippen molar-refractivity contribution in [3.63, 3.8) is 0 Å². The highest BCUT2D eigenvalue weighted by Crippen LogP contribution is 2.39. The first-order chi connectivity index (χ1) is 18.8. The first-order valence-corrected chi connectivity index (χ1v) is 13.9. The van der Waals surface area contributed by atoms with Crippen LogP contribution in [-0.4, -0.2) is 31.4 Å². The molecule has 2 fully saturated rings. The molecule has 0 spiro atoms. The van der Waals surface area contributed by atoms with Gasteiger partial charge in [-0.3, -0.25) is 0 Å². The van der Waals surface area contributed by atoms with Gasteiger partial charge in [0.05, 0.1) is 18.3 Å². The summed E-state index contributed by atoms with van der Waals surface area (Å²) < 4.78 is 75.5. The molecule has 0 amide bonds. The summed E-state index contributed by atoms with van der Waals surface area (Å²) >= 11 is 0.